The Bertz CT molecular complexity index is 370. The van der Waals surface area contributed by atoms with Crippen LogP contribution in [0.25, 0.3) is 0 Å². The Morgan fingerprint density at radius 2 is 2.14 bits per heavy atom. The largest absolute Gasteiger partial charge is 0.383 e. The van der Waals surface area contributed by atoms with Gasteiger partial charge in [-0.1, -0.05) is 0 Å². The molecule has 0 bridgehead atoms. The Kier molecular flexibility index (Phi) is 2.70. The summed E-state index contributed by atoms with van der Waals surface area (Å²) in [6, 6.07) is 0. The second-order valence-corrected chi connectivity index (χ2v) is 2.70. The van der Waals surface area contributed by atoms with Crippen LogP contribution in [0.1, 0.15) is 17.3 Å². The molecule has 76 valence electrons. The van der Waals surface area contributed by atoms with Crippen molar-refractivity contribution in [3.05, 3.63) is 11.8 Å². The van der Waals surface area contributed by atoms with Gasteiger partial charge in [-0.25, -0.2) is 0 Å². The van der Waals surface area contributed by atoms with Crippen LogP contribution in [0.3, 0.4) is 0 Å². The molecule has 1 aromatic rings. The Labute approximate surface area is 80.2 Å². The highest BCUT2D eigenvalue weighted by Gasteiger charge is 2.13. The van der Waals surface area contributed by atoms with Crippen LogP contribution in [0.5, 0.6) is 0 Å². The maximum atomic E-state index is 11.3. The summed E-state index contributed by atoms with van der Waals surface area (Å²) in [7, 11) is 1.62. The predicted molar refractivity (Wildman–Crippen MR) is 48.9 cm³/mol. The monoisotopic (exact) mass is 197 g/mol. The molecule has 0 radical (unpaired) electrons. The van der Waals surface area contributed by atoms with Gasteiger partial charge in [0.15, 0.2) is 0 Å². The zero-order valence-electron chi connectivity index (χ0n) is 7.87. The van der Waals surface area contributed by atoms with E-state index in [0.29, 0.717) is 0 Å². The van der Waals surface area contributed by atoms with Gasteiger partial charge in [-0.3, -0.25) is 25.1 Å². The van der Waals surface area contributed by atoms with Crippen LogP contribution in [0.2, 0.25) is 0 Å². The lowest BCUT2D eigenvalue weighted by molar-refractivity contribution is -0.119. The molecule has 0 atom stereocenters. The van der Waals surface area contributed by atoms with Gasteiger partial charge in [0.25, 0.3) is 5.91 Å². The summed E-state index contributed by atoms with van der Waals surface area (Å²) in [4.78, 5) is 21.8. The molecule has 1 aromatic heterocycles. The molecule has 0 unspecified atom stereocenters. The van der Waals surface area contributed by atoms with Crippen molar-refractivity contribution in [2.75, 3.05) is 5.73 Å². The van der Waals surface area contributed by atoms with Crippen LogP contribution in [0.15, 0.2) is 6.20 Å². The highest BCUT2D eigenvalue weighted by molar-refractivity contribution is 5.98. The number of nitrogens with one attached hydrogen (secondary N) is 2. The Morgan fingerprint density at radius 1 is 1.50 bits per heavy atom. The van der Waals surface area contributed by atoms with E-state index in [0.717, 1.165) is 0 Å². The fourth-order valence-electron chi connectivity index (χ4n) is 0.834. The first-order chi connectivity index (χ1) is 6.52. The van der Waals surface area contributed by atoms with Crippen LogP contribution in [-0.4, -0.2) is 21.6 Å². The number of hydrogen-bond acceptors (Lipinski definition) is 4. The van der Waals surface area contributed by atoms with Gasteiger partial charge in [0.2, 0.25) is 5.91 Å². The first kappa shape index (κ1) is 10.0. The molecule has 0 spiro atoms. The van der Waals surface area contributed by atoms with Crippen LogP contribution >= 0.6 is 0 Å². The van der Waals surface area contributed by atoms with E-state index in [1.54, 1.807) is 7.05 Å². The number of rotatable bonds is 1. The SMILES string of the molecule is CC(=O)NNC(=O)c1cnn(C)c1N. The van der Waals surface area contributed by atoms with Crippen molar-refractivity contribution in [2.45, 2.75) is 6.92 Å². The van der Waals surface area contributed by atoms with Crippen molar-refractivity contribution < 1.29 is 9.59 Å². The molecule has 0 aromatic carbocycles. The summed E-state index contributed by atoms with van der Waals surface area (Å²) in [6.45, 7) is 1.28. The molecule has 0 saturated heterocycles. The van der Waals surface area contributed by atoms with Crippen molar-refractivity contribution in [3.63, 3.8) is 0 Å². The summed E-state index contributed by atoms with van der Waals surface area (Å²) < 4.78 is 1.36. The zero-order valence-corrected chi connectivity index (χ0v) is 7.87. The van der Waals surface area contributed by atoms with E-state index in [9.17, 15) is 9.59 Å². The Hall–Kier alpha value is -2.05. The molecule has 14 heavy (non-hydrogen) atoms. The summed E-state index contributed by atoms with van der Waals surface area (Å²) in [6.07, 6.45) is 1.33. The van der Waals surface area contributed by atoms with E-state index in [4.69, 9.17) is 5.73 Å². The number of anilines is 1. The number of hydrogen-bond donors (Lipinski definition) is 3. The van der Waals surface area contributed by atoms with Gasteiger partial charge in [0.05, 0.1) is 6.20 Å². The molecule has 1 rings (SSSR count). The maximum Gasteiger partial charge on any atom is 0.275 e. The van der Waals surface area contributed by atoms with Crippen molar-refractivity contribution in [1.29, 1.82) is 0 Å². The predicted octanol–water partition coefficient (Wildman–Crippen LogP) is -1.22. The van der Waals surface area contributed by atoms with E-state index in [2.05, 4.69) is 16.0 Å². The molecule has 0 aliphatic carbocycles. The van der Waals surface area contributed by atoms with Crippen LogP contribution < -0.4 is 16.6 Å². The molecular formula is C7H11N5O2. The number of amides is 2. The van der Waals surface area contributed by atoms with Crippen molar-refractivity contribution in [2.24, 2.45) is 7.05 Å². The van der Waals surface area contributed by atoms with Gasteiger partial charge in [-0.2, -0.15) is 5.10 Å². The van der Waals surface area contributed by atoms with E-state index in [-0.39, 0.29) is 17.3 Å². The lowest BCUT2D eigenvalue weighted by atomic mass is 10.3. The van der Waals surface area contributed by atoms with E-state index in [1.807, 2.05) is 0 Å². The Balaban J connectivity index is 2.70. The zero-order chi connectivity index (χ0) is 10.7. The third-order valence-electron chi connectivity index (χ3n) is 1.58. The lowest BCUT2D eigenvalue weighted by Gasteiger charge is -2.03. The number of nitrogen functional groups attached to an aromatic ring is 1. The quantitative estimate of drug-likeness (QED) is 0.491. The van der Waals surface area contributed by atoms with Crippen molar-refractivity contribution in [1.82, 2.24) is 20.6 Å². The minimum Gasteiger partial charge on any atom is -0.383 e. The Morgan fingerprint density at radius 3 is 2.57 bits per heavy atom. The number of aryl methyl sites for hydroxylation is 1. The summed E-state index contributed by atoms with van der Waals surface area (Å²) in [5.41, 5.74) is 10.1. The van der Waals surface area contributed by atoms with Crippen molar-refractivity contribution >= 4 is 17.6 Å². The van der Waals surface area contributed by atoms with Gasteiger partial charge >= 0.3 is 0 Å². The minimum absolute atomic E-state index is 0.223. The molecule has 0 aliphatic heterocycles. The summed E-state index contributed by atoms with van der Waals surface area (Å²) >= 11 is 0. The van der Waals surface area contributed by atoms with Crippen LogP contribution in [-0.2, 0) is 11.8 Å². The summed E-state index contributed by atoms with van der Waals surface area (Å²) in [5, 5.41) is 3.78. The normalized spacial score (nSPS) is 9.57. The molecule has 4 N–H and O–H groups in total. The minimum atomic E-state index is -0.495. The topological polar surface area (TPSA) is 102 Å². The van der Waals surface area contributed by atoms with Gasteiger partial charge in [0.1, 0.15) is 11.4 Å². The van der Waals surface area contributed by atoms with Gasteiger partial charge < -0.3 is 5.73 Å². The van der Waals surface area contributed by atoms with Gasteiger partial charge in [-0.05, 0) is 0 Å². The molecule has 1 heterocycles. The van der Waals surface area contributed by atoms with Gasteiger partial charge in [0, 0.05) is 14.0 Å². The fourth-order valence-corrected chi connectivity index (χ4v) is 0.834. The number of carbonyl (C=O) groups is 2. The third kappa shape index (κ3) is 2.00. The molecule has 2 amide bonds. The van der Waals surface area contributed by atoms with E-state index < -0.39 is 5.91 Å². The first-order valence-corrected chi connectivity index (χ1v) is 3.86. The van der Waals surface area contributed by atoms with E-state index >= 15 is 0 Å². The average Bonchev–Trinajstić information content (AvgIpc) is 2.44. The third-order valence-corrected chi connectivity index (χ3v) is 1.58. The molecule has 7 heteroatoms. The number of hydrazine groups is 1. The highest BCUT2D eigenvalue weighted by atomic mass is 16.2. The average molecular weight is 197 g/mol. The fraction of sp³-hybridized carbons (Fsp3) is 0.286. The first-order valence-electron chi connectivity index (χ1n) is 3.86. The second-order valence-electron chi connectivity index (χ2n) is 2.70. The number of carbonyl (C=O) groups excluding carboxylic acids is 2. The molecule has 0 saturated carbocycles. The highest BCUT2D eigenvalue weighted by Crippen LogP contribution is 2.07. The molecule has 0 fully saturated rings. The molecule has 0 aliphatic rings. The summed E-state index contributed by atoms with van der Waals surface area (Å²) in [5.74, 6) is -0.612. The van der Waals surface area contributed by atoms with Crippen LogP contribution in [0, 0.1) is 0 Å². The number of nitrogens with zero attached hydrogens (tertiary/aromatic N) is 2. The lowest BCUT2D eigenvalue weighted by Crippen LogP contribution is -2.40. The van der Waals surface area contributed by atoms with Gasteiger partial charge in [-0.15, -0.1) is 0 Å². The molecular weight excluding hydrogens is 186 g/mol. The van der Waals surface area contributed by atoms with E-state index in [1.165, 1.54) is 17.8 Å². The maximum absolute atomic E-state index is 11.3. The van der Waals surface area contributed by atoms with Crippen LogP contribution in [0.4, 0.5) is 5.82 Å². The number of aromatic nitrogens is 2. The van der Waals surface area contributed by atoms with Crippen molar-refractivity contribution in [3.8, 4) is 0 Å². The second kappa shape index (κ2) is 3.77. The smallest absolute Gasteiger partial charge is 0.275 e. The number of nitrogens with two attached hydrogens (primary N) is 1. The molecule has 7 nitrogen and oxygen atoms in total. The standard InChI is InChI=1S/C7H11N5O2/c1-4(13)10-11-7(14)5-3-9-12(2)6(5)8/h3H,8H2,1-2H3,(H,10,13)(H,11,14).